The van der Waals surface area contributed by atoms with Crippen LogP contribution in [0.5, 0.6) is 0 Å². The van der Waals surface area contributed by atoms with Gasteiger partial charge in [-0.25, -0.2) is 14.4 Å². The zero-order chi connectivity index (χ0) is 15.1. The van der Waals surface area contributed by atoms with Crippen molar-refractivity contribution in [1.82, 2.24) is 0 Å². The Morgan fingerprint density at radius 1 is 0.750 bits per heavy atom. The van der Waals surface area contributed by atoms with E-state index in [0.29, 0.717) is 5.56 Å². The van der Waals surface area contributed by atoms with Crippen LogP contribution in [0, 0.1) is 0 Å². The molecular formula is C14H14O6. The Morgan fingerprint density at radius 3 is 1.60 bits per heavy atom. The monoisotopic (exact) mass is 278 g/mol. The van der Waals surface area contributed by atoms with Crippen LogP contribution in [0.2, 0.25) is 0 Å². The number of carbonyl (C=O) groups excluding carboxylic acids is 3. The van der Waals surface area contributed by atoms with E-state index in [-0.39, 0.29) is 5.57 Å². The van der Waals surface area contributed by atoms with Gasteiger partial charge in [-0.15, -0.1) is 0 Å². The smallest absolute Gasteiger partial charge is 0.346 e. The van der Waals surface area contributed by atoms with E-state index in [1.807, 2.05) is 0 Å². The molecule has 0 aliphatic carbocycles. The number of benzene rings is 1. The zero-order valence-corrected chi connectivity index (χ0v) is 11.3. The van der Waals surface area contributed by atoms with Crippen molar-refractivity contribution < 1.29 is 28.6 Å². The van der Waals surface area contributed by atoms with Gasteiger partial charge in [-0.1, -0.05) is 30.3 Å². The van der Waals surface area contributed by atoms with Gasteiger partial charge in [0.1, 0.15) is 0 Å². The van der Waals surface area contributed by atoms with Gasteiger partial charge in [-0.3, -0.25) is 0 Å². The number of carbonyl (C=O) groups is 3. The number of rotatable bonds is 4. The summed E-state index contributed by atoms with van der Waals surface area (Å²) in [4.78, 5) is 35.4. The highest BCUT2D eigenvalue weighted by Gasteiger charge is 2.30. The first kappa shape index (κ1) is 15.4. The molecule has 0 saturated heterocycles. The van der Waals surface area contributed by atoms with E-state index in [4.69, 9.17) is 0 Å². The average Bonchev–Trinajstić information content (AvgIpc) is 2.51. The highest BCUT2D eigenvalue weighted by molar-refractivity contribution is 6.32. The van der Waals surface area contributed by atoms with Crippen molar-refractivity contribution in [2.75, 3.05) is 21.3 Å². The molecule has 0 fully saturated rings. The van der Waals surface area contributed by atoms with Gasteiger partial charge in [-0.2, -0.15) is 0 Å². The Balaban J connectivity index is 3.59. The molecule has 20 heavy (non-hydrogen) atoms. The van der Waals surface area contributed by atoms with Crippen molar-refractivity contribution in [2.24, 2.45) is 0 Å². The molecule has 0 spiro atoms. The van der Waals surface area contributed by atoms with Crippen LogP contribution < -0.4 is 0 Å². The van der Waals surface area contributed by atoms with Crippen molar-refractivity contribution >= 4 is 23.5 Å². The molecule has 0 N–H and O–H groups in total. The molecule has 0 atom stereocenters. The maximum atomic E-state index is 11.9. The van der Waals surface area contributed by atoms with Crippen LogP contribution in [0.3, 0.4) is 0 Å². The van der Waals surface area contributed by atoms with Crippen LogP contribution in [0.4, 0.5) is 0 Å². The van der Waals surface area contributed by atoms with Gasteiger partial charge in [0.25, 0.3) is 0 Å². The molecule has 0 aliphatic rings. The predicted octanol–water partition coefficient (Wildman–Crippen LogP) is 0.959. The lowest BCUT2D eigenvalue weighted by Gasteiger charge is -2.11. The number of methoxy groups -OCH3 is 3. The first-order valence-corrected chi connectivity index (χ1v) is 5.61. The van der Waals surface area contributed by atoms with Crippen molar-refractivity contribution in [3.63, 3.8) is 0 Å². The number of hydrogen-bond acceptors (Lipinski definition) is 6. The molecule has 6 heteroatoms. The molecule has 0 saturated carbocycles. The highest BCUT2D eigenvalue weighted by Crippen LogP contribution is 2.22. The number of hydrogen-bond donors (Lipinski definition) is 0. The summed E-state index contributed by atoms with van der Waals surface area (Å²) in [5, 5.41) is 0. The lowest BCUT2D eigenvalue weighted by Crippen LogP contribution is -2.21. The van der Waals surface area contributed by atoms with Crippen LogP contribution in [-0.2, 0) is 28.6 Å². The third-order valence-corrected chi connectivity index (χ3v) is 2.48. The second-order valence-corrected chi connectivity index (χ2v) is 3.59. The Labute approximate surface area is 115 Å². The third-order valence-electron chi connectivity index (χ3n) is 2.48. The van der Waals surface area contributed by atoms with Crippen LogP contribution in [0.1, 0.15) is 5.56 Å². The summed E-state index contributed by atoms with van der Waals surface area (Å²) in [6.45, 7) is 0. The molecule has 0 unspecified atom stereocenters. The number of esters is 3. The molecule has 0 aromatic heterocycles. The van der Waals surface area contributed by atoms with E-state index in [9.17, 15) is 14.4 Å². The minimum Gasteiger partial charge on any atom is -0.465 e. The Bertz CT molecular complexity index is 526. The van der Waals surface area contributed by atoms with Crippen molar-refractivity contribution in [1.29, 1.82) is 0 Å². The lowest BCUT2D eigenvalue weighted by molar-refractivity contribution is -0.145. The predicted molar refractivity (Wildman–Crippen MR) is 69.4 cm³/mol. The SMILES string of the molecule is COC(=O)C(C(=O)OC)=C(C(=O)OC)c1ccccc1. The summed E-state index contributed by atoms with van der Waals surface area (Å²) in [5.74, 6) is -2.77. The summed E-state index contributed by atoms with van der Waals surface area (Å²) in [6.07, 6.45) is 0. The Kier molecular flexibility index (Phi) is 5.46. The van der Waals surface area contributed by atoms with Crippen LogP contribution >= 0.6 is 0 Å². The standard InChI is InChI=1S/C14H14O6/c1-18-12(15)10(9-7-5-4-6-8-9)11(13(16)19-2)14(17)20-3/h4-8H,1-3H3. The maximum absolute atomic E-state index is 11.9. The van der Waals surface area contributed by atoms with Gasteiger partial charge in [0.05, 0.1) is 26.9 Å². The van der Waals surface area contributed by atoms with E-state index in [1.54, 1.807) is 30.3 Å². The molecule has 0 radical (unpaired) electrons. The summed E-state index contributed by atoms with van der Waals surface area (Å²) in [5.41, 5.74) is -0.356. The van der Waals surface area contributed by atoms with E-state index >= 15 is 0 Å². The molecule has 0 aliphatic heterocycles. The lowest BCUT2D eigenvalue weighted by atomic mass is 10.00. The van der Waals surface area contributed by atoms with Gasteiger partial charge < -0.3 is 14.2 Å². The molecule has 6 nitrogen and oxygen atoms in total. The second-order valence-electron chi connectivity index (χ2n) is 3.59. The molecule has 1 aromatic carbocycles. The molecular weight excluding hydrogens is 264 g/mol. The fourth-order valence-corrected chi connectivity index (χ4v) is 1.56. The Hall–Kier alpha value is -2.63. The fraction of sp³-hybridized carbons (Fsp3) is 0.214. The molecule has 0 amide bonds. The summed E-state index contributed by atoms with van der Waals surface area (Å²) in [7, 11) is 3.35. The Morgan fingerprint density at radius 2 is 1.20 bits per heavy atom. The largest absolute Gasteiger partial charge is 0.465 e. The van der Waals surface area contributed by atoms with E-state index in [0.717, 1.165) is 21.3 Å². The third kappa shape index (κ3) is 3.23. The summed E-state index contributed by atoms with van der Waals surface area (Å²) >= 11 is 0. The molecule has 1 rings (SSSR count). The minimum absolute atomic E-state index is 0.202. The second kappa shape index (κ2) is 7.08. The minimum atomic E-state index is -0.971. The van der Waals surface area contributed by atoms with Gasteiger partial charge in [0, 0.05) is 0 Å². The fourth-order valence-electron chi connectivity index (χ4n) is 1.56. The topological polar surface area (TPSA) is 78.9 Å². The normalized spacial score (nSPS) is 9.35. The molecule has 0 heterocycles. The van der Waals surface area contributed by atoms with Crippen molar-refractivity contribution in [3.8, 4) is 0 Å². The molecule has 106 valence electrons. The molecule has 1 aromatic rings. The zero-order valence-electron chi connectivity index (χ0n) is 11.3. The first-order valence-electron chi connectivity index (χ1n) is 5.61. The van der Waals surface area contributed by atoms with E-state index in [1.165, 1.54) is 0 Å². The van der Waals surface area contributed by atoms with Crippen molar-refractivity contribution in [3.05, 3.63) is 41.5 Å². The average molecular weight is 278 g/mol. The quantitative estimate of drug-likeness (QED) is 0.268. The van der Waals surface area contributed by atoms with Gasteiger partial charge in [-0.05, 0) is 5.56 Å². The maximum Gasteiger partial charge on any atom is 0.346 e. The summed E-state index contributed by atoms with van der Waals surface area (Å²) in [6, 6.07) is 8.18. The van der Waals surface area contributed by atoms with Gasteiger partial charge in [0.2, 0.25) is 0 Å². The van der Waals surface area contributed by atoms with Gasteiger partial charge >= 0.3 is 17.9 Å². The number of ether oxygens (including phenoxy) is 3. The van der Waals surface area contributed by atoms with Crippen LogP contribution in [-0.4, -0.2) is 39.2 Å². The first-order chi connectivity index (χ1) is 9.56. The van der Waals surface area contributed by atoms with Gasteiger partial charge in [0.15, 0.2) is 5.57 Å². The summed E-state index contributed by atoms with van der Waals surface area (Å²) < 4.78 is 13.7. The van der Waals surface area contributed by atoms with Crippen LogP contribution in [0.15, 0.2) is 35.9 Å². The van der Waals surface area contributed by atoms with E-state index in [2.05, 4.69) is 14.2 Å². The molecule has 0 bridgehead atoms. The van der Waals surface area contributed by atoms with Crippen molar-refractivity contribution in [2.45, 2.75) is 0 Å². The van der Waals surface area contributed by atoms with E-state index < -0.39 is 23.5 Å². The highest BCUT2D eigenvalue weighted by atomic mass is 16.5. The van der Waals surface area contributed by atoms with Crippen LogP contribution in [0.25, 0.3) is 5.57 Å².